The van der Waals surface area contributed by atoms with Crippen molar-refractivity contribution in [1.82, 2.24) is 4.98 Å². The number of phenols is 1. The Hall–Kier alpha value is -4.06. The van der Waals surface area contributed by atoms with Gasteiger partial charge in [-0.05, 0) is 59.7 Å². The number of aromatic nitrogens is 1. The van der Waals surface area contributed by atoms with Crippen molar-refractivity contribution < 1.29 is 14.3 Å². The molecule has 1 amide bonds. The Kier molecular flexibility index (Phi) is 5.25. The van der Waals surface area contributed by atoms with Gasteiger partial charge in [-0.15, -0.1) is 0 Å². The number of amides is 1. The summed E-state index contributed by atoms with van der Waals surface area (Å²) in [7, 11) is 0. The third-order valence-electron chi connectivity index (χ3n) is 4.27. The van der Waals surface area contributed by atoms with Crippen LogP contribution in [0.5, 0.6) is 5.75 Å². The van der Waals surface area contributed by atoms with Crippen molar-refractivity contribution in [3.8, 4) is 16.9 Å². The van der Waals surface area contributed by atoms with Gasteiger partial charge in [-0.1, -0.05) is 18.2 Å². The van der Waals surface area contributed by atoms with Gasteiger partial charge in [-0.2, -0.15) is 0 Å². The summed E-state index contributed by atoms with van der Waals surface area (Å²) in [6.07, 6.45) is 3.45. The molecule has 6 nitrogen and oxygen atoms in total. The zero-order valence-electron chi connectivity index (χ0n) is 15.5. The van der Waals surface area contributed by atoms with Gasteiger partial charge in [0.15, 0.2) is 0 Å². The highest BCUT2D eigenvalue weighted by Crippen LogP contribution is 2.26. The van der Waals surface area contributed by atoms with Crippen LogP contribution in [0.15, 0.2) is 89.7 Å². The molecular formula is C23H19N3O3. The van der Waals surface area contributed by atoms with E-state index in [0.29, 0.717) is 17.3 Å². The molecule has 0 saturated carbocycles. The molecule has 0 unspecified atom stereocenters. The van der Waals surface area contributed by atoms with Gasteiger partial charge < -0.3 is 20.2 Å². The minimum atomic E-state index is -0.141. The topological polar surface area (TPSA) is 87.4 Å². The fourth-order valence-corrected chi connectivity index (χ4v) is 2.96. The van der Waals surface area contributed by atoms with Crippen LogP contribution in [-0.2, 0) is 11.2 Å². The predicted molar refractivity (Wildman–Crippen MR) is 112 cm³/mol. The number of aromatic hydroxyl groups is 1. The Morgan fingerprint density at radius 1 is 0.931 bits per heavy atom. The maximum atomic E-state index is 12.2. The summed E-state index contributed by atoms with van der Waals surface area (Å²) in [5, 5.41) is 15.7. The van der Waals surface area contributed by atoms with Gasteiger partial charge in [0.05, 0.1) is 12.7 Å². The standard InChI is InChI=1S/C23H19N3O3/c27-20-7-2-6-19(14-20)25-22-13-17(9-10-24-22)16-4-1-5-18(12-16)26-23(28)15-21-8-3-11-29-21/h1-14,27H,15H2,(H,24,25)(H,26,28). The lowest BCUT2D eigenvalue weighted by Crippen LogP contribution is -2.13. The van der Waals surface area contributed by atoms with Gasteiger partial charge in [-0.25, -0.2) is 4.98 Å². The molecule has 0 saturated heterocycles. The van der Waals surface area contributed by atoms with E-state index >= 15 is 0 Å². The predicted octanol–water partition coefficient (Wildman–Crippen LogP) is 4.97. The minimum Gasteiger partial charge on any atom is -0.508 e. The van der Waals surface area contributed by atoms with E-state index in [1.807, 2.05) is 42.5 Å². The molecule has 4 aromatic rings. The number of benzene rings is 2. The summed E-state index contributed by atoms with van der Waals surface area (Å²) in [4.78, 5) is 16.5. The molecule has 0 bridgehead atoms. The quantitative estimate of drug-likeness (QED) is 0.436. The average Bonchev–Trinajstić information content (AvgIpc) is 3.21. The number of hydrogen-bond donors (Lipinski definition) is 3. The Balaban J connectivity index is 1.49. The number of anilines is 3. The van der Waals surface area contributed by atoms with Gasteiger partial charge in [0, 0.05) is 23.6 Å². The lowest BCUT2D eigenvalue weighted by atomic mass is 10.1. The van der Waals surface area contributed by atoms with Crippen LogP contribution in [0.25, 0.3) is 11.1 Å². The second-order valence-corrected chi connectivity index (χ2v) is 6.49. The van der Waals surface area contributed by atoms with Crippen LogP contribution >= 0.6 is 0 Å². The van der Waals surface area contributed by atoms with Crippen molar-refractivity contribution in [2.24, 2.45) is 0 Å². The fourth-order valence-electron chi connectivity index (χ4n) is 2.96. The molecule has 144 valence electrons. The van der Waals surface area contributed by atoms with Crippen LogP contribution in [0.1, 0.15) is 5.76 Å². The Morgan fingerprint density at radius 2 is 1.76 bits per heavy atom. The highest BCUT2D eigenvalue weighted by molar-refractivity contribution is 5.92. The molecule has 0 aliphatic rings. The Bertz CT molecular complexity index is 1120. The number of phenolic OH excluding ortho intramolecular Hbond substituents is 1. The Labute approximate surface area is 167 Å². The number of hydrogen-bond acceptors (Lipinski definition) is 5. The first-order chi connectivity index (χ1) is 14.2. The van der Waals surface area contributed by atoms with Crippen LogP contribution in [0.3, 0.4) is 0 Å². The first kappa shape index (κ1) is 18.3. The summed E-state index contributed by atoms with van der Waals surface area (Å²) >= 11 is 0. The maximum absolute atomic E-state index is 12.2. The lowest BCUT2D eigenvalue weighted by molar-refractivity contribution is -0.115. The van der Waals surface area contributed by atoms with Crippen molar-refractivity contribution in [3.63, 3.8) is 0 Å². The molecule has 0 aliphatic carbocycles. The van der Waals surface area contributed by atoms with Crippen molar-refractivity contribution >= 4 is 23.1 Å². The SMILES string of the molecule is O=C(Cc1ccco1)Nc1cccc(-c2ccnc(Nc3cccc(O)c3)c2)c1. The summed E-state index contributed by atoms with van der Waals surface area (Å²) in [6, 6.07) is 21.8. The van der Waals surface area contributed by atoms with Gasteiger partial charge in [0.25, 0.3) is 0 Å². The molecule has 2 aromatic carbocycles. The molecule has 2 aromatic heterocycles. The van der Waals surface area contributed by atoms with Gasteiger partial charge in [0.2, 0.25) is 5.91 Å². The Morgan fingerprint density at radius 3 is 2.59 bits per heavy atom. The van der Waals surface area contributed by atoms with Crippen molar-refractivity contribution in [1.29, 1.82) is 0 Å². The van der Waals surface area contributed by atoms with Gasteiger partial charge in [0.1, 0.15) is 17.3 Å². The number of carbonyl (C=O) groups is 1. The molecule has 0 spiro atoms. The normalized spacial score (nSPS) is 10.5. The van der Waals surface area contributed by atoms with E-state index in [0.717, 1.165) is 16.8 Å². The zero-order valence-corrected chi connectivity index (χ0v) is 15.5. The average molecular weight is 385 g/mol. The molecule has 0 radical (unpaired) electrons. The van der Waals surface area contributed by atoms with Crippen molar-refractivity contribution in [2.45, 2.75) is 6.42 Å². The first-order valence-electron chi connectivity index (χ1n) is 9.10. The lowest BCUT2D eigenvalue weighted by Gasteiger charge is -2.10. The fraction of sp³-hybridized carbons (Fsp3) is 0.0435. The van der Waals surface area contributed by atoms with Crippen LogP contribution in [0, 0.1) is 0 Å². The van der Waals surface area contributed by atoms with Crippen LogP contribution in [0.4, 0.5) is 17.2 Å². The number of nitrogens with zero attached hydrogens (tertiary/aromatic N) is 1. The van der Waals surface area contributed by atoms with Gasteiger partial charge in [-0.3, -0.25) is 4.79 Å². The maximum Gasteiger partial charge on any atom is 0.231 e. The van der Waals surface area contributed by atoms with E-state index in [9.17, 15) is 9.90 Å². The zero-order chi connectivity index (χ0) is 20.1. The van der Waals surface area contributed by atoms with Gasteiger partial charge >= 0.3 is 0 Å². The van der Waals surface area contributed by atoms with Crippen LogP contribution in [0.2, 0.25) is 0 Å². The van der Waals surface area contributed by atoms with E-state index in [2.05, 4.69) is 15.6 Å². The minimum absolute atomic E-state index is 0.141. The monoisotopic (exact) mass is 385 g/mol. The number of furan rings is 1. The summed E-state index contributed by atoms with van der Waals surface area (Å²) in [5.74, 6) is 1.32. The highest BCUT2D eigenvalue weighted by Gasteiger charge is 2.08. The molecule has 29 heavy (non-hydrogen) atoms. The van der Waals surface area contributed by atoms with E-state index in [1.54, 1.807) is 42.8 Å². The summed E-state index contributed by atoms with van der Waals surface area (Å²) < 4.78 is 5.21. The van der Waals surface area contributed by atoms with Crippen molar-refractivity contribution in [2.75, 3.05) is 10.6 Å². The number of rotatable bonds is 6. The molecule has 0 fully saturated rings. The molecule has 2 heterocycles. The van der Waals surface area contributed by atoms with E-state index < -0.39 is 0 Å². The van der Waals surface area contributed by atoms with E-state index in [4.69, 9.17) is 4.42 Å². The largest absolute Gasteiger partial charge is 0.508 e. The number of nitrogens with one attached hydrogen (secondary N) is 2. The van der Waals surface area contributed by atoms with Crippen LogP contribution in [-0.4, -0.2) is 16.0 Å². The third kappa shape index (κ3) is 4.81. The number of carbonyl (C=O) groups excluding carboxylic acids is 1. The summed E-state index contributed by atoms with van der Waals surface area (Å²) in [6.45, 7) is 0. The third-order valence-corrected chi connectivity index (χ3v) is 4.27. The smallest absolute Gasteiger partial charge is 0.231 e. The van der Waals surface area contributed by atoms with E-state index in [1.165, 1.54) is 0 Å². The first-order valence-corrected chi connectivity index (χ1v) is 9.10. The highest BCUT2D eigenvalue weighted by atomic mass is 16.3. The second kappa shape index (κ2) is 8.31. The number of pyridine rings is 1. The van der Waals surface area contributed by atoms with E-state index in [-0.39, 0.29) is 18.1 Å². The molecule has 0 atom stereocenters. The molecular weight excluding hydrogens is 366 g/mol. The second-order valence-electron chi connectivity index (χ2n) is 6.49. The summed E-state index contributed by atoms with van der Waals surface area (Å²) in [5.41, 5.74) is 3.35. The molecule has 0 aliphatic heterocycles. The van der Waals surface area contributed by atoms with Crippen LogP contribution < -0.4 is 10.6 Å². The molecule has 4 rings (SSSR count). The molecule has 3 N–H and O–H groups in total. The van der Waals surface area contributed by atoms with Crippen molar-refractivity contribution in [3.05, 3.63) is 91.0 Å². The molecule has 6 heteroatoms.